The summed E-state index contributed by atoms with van der Waals surface area (Å²) in [5.74, 6) is -0.271. The Kier molecular flexibility index (Phi) is 5.85. The summed E-state index contributed by atoms with van der Waals surface area (Å²) in [5, 5.41) is 13.5. The lowest BCUT2D eigenvalue weighted by Crippen LogP contribution is -2.37. The molecule has 7 nitrogen and oxygen atoms in total. The van der Waals surface area contributed by atoms with Crippen molar-refractivity contribution in [3.05, 3.63) is 34.4 Å². The Morgan fingerprint density at radius 1 is 1.45 bits per heavy atom. The van der Waals surface area contributed by atoms with Crippen LogP contribution in [-0.2, 0) is 9.53 Å². The largest absolute Gasteiger partial charge is 0.377 e. The molecule has 1 fully saturated rings. The molecule has 0 spiro atoms. The highest BCUT2D eigenvalue weighted by Crippen LogP contribution is 2.23. The number of nitrogens with one attached hydrogen (secondary N) is 1. The van der Waals surface area contributed by atoms with E-state index >= 15 is 0 Å². The van der Waals surface area contributed by atoms with Crippen molar-refractivity contribution < 1.29 is 14.5 Å². The van der Waals surface area contributed by atoms with Gasteiger partial charge in [0.1, 0.15) is 5.69 Å². The molecule has 1 aliphatic rings. The Morgan fingerprint density at radius 2 is 2.23 bits per heavy atom. The molecular weight excluding hydrogens is 286 g/mol. The number of amides is 1. The van der Waals surface area contributed by atoms with Crippen molar-refractivity contribution in [1.82, 2.24) is 4.90 Å². The lowest BCUT2D eigenvalue weighted by atomic mass is 10.1. The molecule has 1 amide bonds. The van der Waals surface area contributed by atoms with Crippen LogP contribution in [0, 0.1) is 10.1 Å². The van der Waals surface area contributed by atoms with Gasteiger partial charge in [-0.3, -0.25) is 19.8 Å². The van der Waals surface area contributed by atoms with Gasteiger partial charge in [0.15, 0.2) is 0 Å². The van der Waals surface area contributed by atoms with Crippen LogP contribution in [0.4, 0.5) is 11.4 Å². The molecular formula is C15H21N3O4. The molecule has 1 N–H and O–H groups in total. The molecule has 1 aliphatic heterocycles. The standard InChI is InChI=1S/C15H21N3O4/c1-17(10-12-6-4-5-9-22-12)11-15(19)16-13-7-2-3-8-14(13)18(20)21/h2-3,7-8,12H,4-6,9-11H2,1H3,(H,16,19). The predicted octanol–water partition coefficient (Wildman–Crippen LogP) is 2.03. The first kappa shape index (κ1) is 16.4. The van der Waals surface area contributed by atoms with E-state index in [-0.39, 0.29) is 29.9 Å². The van der Waals surface area contributed by atoms with Crippen LogP contribution in [0.1, 0.15) is 19.3 Å². The third kappa shape index (κ3) is 4.78. The Morgan fingerprint density at radius 3 is 2.91 bits per heavy atom. The normalized spacial score (nSPS) is 18.2. The molecule has 2 rings (SSSR count). The van der Waals surface area contributed by atoms with E-state index in [0.717, 1.165) is 25.9 Å². The third-order valence-electron chi connectivity index (χ3n) is 3.58. The van der Waals surface area contributed by atoms with Crippen LogP contribution in [0.5, 0.6) is 0 Å². The molecule has 0 saturated carbocycles. The number of rotatable bonds is 6. The second-order valence-corrected chi connectivity index (χ2v) is 5.51. The molecule has 0 aliphatic carbocycles. The van der Waals surface area contributed by atoms with Crippen molar-refractivity contribution in [1.29, 1.82) is 0 Å². The Bertz CT molecular complexity index is 529. The smallest absolute Gasteiger partial charge is 0.292 e. The highest BCUT2D eigenvalue weighted by atomic mass is 16.6. The lowest BCUT2D eigenvalue weighted by Gasteiger charge is -2.27. The van der Waals surface area contributed by atoms with Crippen molar-refractivity contribution in [2.45, 2.75) is 25.4 Å². The Labute approximate surface area is 129 Å². The van der Waals surface area contributed by atoms with Crippen molar-refractivity contribution in [2.24, 2.45) is 0 Å². The molecule has 7 heteroatoms. The van der Waals surface area contributed by atoms with Gasteiger partial charge in [-0.15, -0.1) is 0 Å². The first-order valence-electron chi connectivity index (χ1n) is 7.39. The summed E-state index contributed by atoms with van der Waals surface area (Å²) in [6.45, 7) is 1.64. The topological polar surface area (TPSA) is 84.7 Å². The number of nitro benzene ring substituents is 1. The molecule has 1 atom stereocenters. The summed E-state index contributed by atoms with van der Waals surface area (Å²) in [4.78, 5) is 24.3. The van der Waals surface area contributed by atoms with Gasteiger partial charge in [0.2, 0.25) is 5.91 Å². The van der Waals surface area contributed by atoms with E-state index in [1.807, 2.05) is 11.9 Å². The van der Waals surface area contributed by atoms with E-state index in [1.165, 1.54) is 12.1 Å². The van der Waals surface area contributed by atoms with Gasteiger partial charge in [-0.1, -0.05) is 12.1 Å². The van der Waals surface area contributed by atoms with Gasteiger partial charge in [-0.2, -0.15) is 0 Å². The number of anilines is 1. The minimum atomic E-state index is -0.505. The second kappa shape index (κ2) is 7.86. The Hall–Kier alpha value is -1.99. The monoisotopic (exact) mass is 307 g/mol. The first-order valence-corrected chi connectivity index (χ1v) is 7.39. The fourth-order valence-electron chi connectivity index (χ4n) is 2.54. The van der Waals surface area contributed by atoms with Crippen molar-refractivity contribution >= 4 is 17.3 Å². The minimum absolute atomic E-state index is 0.103. The van der Waals surface area contributed by atoms with E-state index in [2.05, 4.69) is 5.32 Å². The highest BCUT2D eigenvalue weighted by Gasteiger charge is 2.19. The number of hydrogen-bond acceptors (Lipinski definition) is 5. The number of carbonyl (C=O) groups is 1. The van der Waals surface area contributed by atoms with Crippen LogP contribution in [-0.4, -0.2) is 48.6 Å². The molecule has 1 aromatic carbocycles. The number of para-hydroxylation sites is 2. The van der Waals surface area contributed by atoms with Crippen LogP contribution in [0.15, 0.2) is 24.3 Å². The first-order chi connectivity index (χ1) is 10.6. The number of nitrogens with zero attached hydrogens (tertiary/aromatic N) is 2. The fraction of sp³-hybridized carbons (Fsp3) is 0.533. The molecule has 120 valence electrons. The Balaban J connectivity index is 1.85. The quantitative estimate of drug-likeness (QED) is 0.642. The number of benzene rings is 1. The van der Waals surface area contributed by atoms with Crippen LogP contribution in [0.25, 0.3) is 0 Å². The summed E-state index contributed by atoms with van der Waals surface area (Å²) >= 11 is 0. The number of hydrogen-bond donors (Lipinski definition) is 1. The van der Waals surface area contributed by atoms with Crippen molar-refractivity contribution in [2.75, 3.05) is 32.1 Å². The number of nitro groups is 1. The van der Waals surface area contributed by atoms with Gasteiger partial charge >= 0.3 is 0 Å². The SMILES string of the molecule is CN(CC(=O)Nc1ccccc1[N+](=O)[O-])CC1CCCCO1. The summed E-state index contributed by atoms with van der Waals surface area (Å²) in [6, 6.07) is 6.12. The molecule has 22 heavy (non-hydrogen) atoms. The second-order valence-electron chi connectivity index (χ2n) is 5.51. The zero-order valence-electron chi connectivity index (χ0n) is 12.7. The summed E-state index contributed by atoms with van der Waals surface area (Å²) in [6.07, 6.45) is 3.42. The van der Waals surface area contributed by atoms with E-state index < -0.39 is 4.92 Å². The lowest BCUT2D eigenvalue weighted by molar-refractivity contribution is -0.383. The van der Waals surface area contributed by atoms with Gasteiger partial charge in [0.25, 0.3) is 5.69 Å². The zero-order chi connectivity index (χ0) is 15.9. The van der Waals surface area contributed by atoms with Gasteiger partial charge in [0.05, 0.1) is 17.6 Å². The molecule has 1 saturated heterocycles. The third-order valence-corrected chi connectivity index (χ3v) is 3.58. The maximum atomic E-state index is 12.0. The molecule has 1 heterocycles. The average Bonchev–Trinajstić information content (AvgIpc) is 2.48. The van der Waals surface area contributed by atoms with Gasteiger partial charge in [-0.25, -0.2) is 0 Å². The number of carbonyl (C=O) groups excluding carboxylic acids is 1. The van der Waals surface area contributed by atoms with Crippen LogP contribution in [0.2, 0.25) is 0 Å². The van der Waals surface area contributed by atoms with Crippen molar-refractivity contribution in [3.63, 3.8) is 0 Å². The predicted molar refractivity (Wildman–Crippen MR) is 82.8 cm³/mol. The van der Waals surface area contributed by atoms with Gasteiger partial charge in [-0.05, 0) is 32.4 Å². The van der Waals surface area contributed by atoms with Gasteiger partial charge < -0.3 is 10.1 Å². The molecule has 0 radical (unpaired) electrons. The average molecular weight is 307 g/mol. The molecule has 0 aromatic heterocycles. The van der Waals surface area contributed by atoms with E-state index in [0.29, 0.717) is 6.54 Å². The van der Waals surface area contributed by atoms with Crippen LogP contribution < -0.4 is 5.32 Å². The molecule has 1 aromatic rings. The highest BCUT2D eigenvalue weighted by molar-refractivity contribution is 5.94. The molecule has 0 bridgehead atoms. The number of likely N-dealkylation sites (N-methyl/N-ethyl adjacent to an activating group) is 1. The van der Waals surface area contributed by atoms with E-state index in [9.17, 15) is 14.9 Å². The minimum Gasteiger partial charge on any atom is -0.377 e. The van der Waals surface area contributed by atoms with Crippen molar-refractivity contribution in [3.8, 4) is 0 Å². The summed E-state index contributed by atoms with van der Waals surface area (Å²) in [5.41, 5.74) is 0.119. The summed E-state index contributed by atoms with van der Waals surface area (Å²) in [7, 11) is 1.84. The maximum Gasteiger partial charge on any atom is 0.292 e. The van der Waals surface area contributed by atoms with Crippen LogP contribution in [0.3, 0.4) is 0 Å². The number of ether oxygens (including phenoxy) is 1. The maximum absolute atomic E-state index is 12.0. The van der Waals surface area contributed by atoms with E-state index in [1.54, 1.807) is 12.1 Å². The van der Waals surface area contributed by atoms with Gasteiger partial charge in [0, 0.05) is 19.2 Å². The van der Waals surface area contributed by atoms with E-state index in [4.69, 9.17) is 4.74 Å². The molecule has 1 unspecified atom stereocenters. The van der Waals surface area contributed by atoms with Crippen LogP contribution >= 0.6 is 0 Å². The zero-order valence-corrected chi connectivity index (χ0v) is 12.7. The summed E-state index contributed by atoms with van der Waals surface area (Å²) < 4.78 is 5.64. The fourth-order valence-corrected chi connectivity index (χ4v) is 2.54.